The van der Waals surface area contributed by atoms with Gasteiger partial charge in [0.2, 0.25) is 0 Å². The van der Waals surface area contributed by atoms with E-state index >= 15 is 0 Å². The van der Waals surface area contributed by atoms with Crippen LogP contribution in [0.25, 0.3) is 0 Å². The number of carbonyl (C=O) groups excluding carboxylic acids is 1. The third-order valence-corrected chi connectivity index (χ3v) is 5.59. The fourth-order valence-electron chi connectivity index (χ4n) is 3.66. The maximum absolute atomic E-state index is 12.0. The number of ether oxygens (including phenoxy) is 1. The molecule has 0 radical (unpaired) electrons. The van der Waals surface area contributed by atoms with Crippen LogP contribution in [0.1, 0.15) is 116 Å². The minimum atomic E-state index is -0.0636. The van der Waals surface area contributed by atoms with E-state index in [2.05, 4.69) is 6.92 Å². The lowest BCUT2D eigenvalue weighted by molar-refractivity contribution is -0.148. The Balaban J connectivity index is 1.89. The number of aromatic hydroxyl groups is 1. The van der Waals surface area contributed by atoms with Crippen LogP contribution in [0.4, 0.5) is 0 Å². The molecule has 0 fully saturated rings. The van der Waals surface area contributed by atoms with Gasteiger partial charge in [0.05, 0.1) is 6.10 Å². The van der Waals surface area contributed by atoms with Gasteiger partial charge in [0.25, 0.3) is 0 Å². The number of phenols is 1. The lowest BCUT2D eigenvalue weighted by Gasteiger charge is -2.13. The molecule has 0 aliphatic rings. The minimum Gasteiger partial charge on any atom is -0.508 e. The largest absolute Gasteiger partial charge is 0.508 e. The van der Waals surface area contributed by atoms with Gasteiger partial charge in [-0.1, -0.05) is 96.1 Å². The molecule has 0 aliphatic heterocycles. The Morgan fingerprint density at radius 1 is 0.828 bits per heavy atom. The molecule has 1 atom stereocenters. The zero-order valence-corrected chi connectivity index (χ0v) is 19.0. The summed E-state index contributed by atoms with van der Waals surface area (Å²) in [5.74, 6) is 0.220. The van der Waals surface area contributed by atoms with Crippen molar-refractivity contribution in [2.75, 3.05) is 0 Å². The molecule has 3 heteroatoms. The molecule has 1 unspecified atom stereocenters. The molecule has 0 aromatic heterocycles. The van der Waals surface area contributed by atoms with Crippen molar-refractivity contribution in [3.8, 4) is 5.75 Å². The number of unbranched alkanes of at least 4 members (excludes halogenated alkanes) is 12. The van der Waals surface area contributed by atoms with E-state index < -0.39 is 0 Å². The molecule has 0 heterocycles. The van der Waals surface area contributed by atoms with E-state index in [0.29, 0.717) is 6.42 Å². The molecule has 29 heavy (non-hydrogen) atoms. The number of rotatable bonds is 18. The van der Waals surface area contributed by atoms with Gasteiger partial charge >= 0.3 is 5.97 Å². The van der Waals surface area contributed by atoms with Gasteiger partial charge in [-0.25, -0.2) is 0 Å². The molecule has 3 nitrogen and oxygen atoms in total. The first-order valence-electron chi connectivity index (χ1n) is 12.1. The monoisotopic (exact) mass is 404 g/mol. The second-order valence-corrected chi connectivity index (χ2v) is 8.50. The topological polar surface area (TPSA) is 46.5 Å². The van der Waals surface area contributed by atoms with Crippen molar-refractivity contribution >= 4 is 5.97 Å². The lowest BCUT2D eigenvalue weighted by Crippen LogP contribution is -2.15. The molecular weight excluding hydrogens is 360 g/mol. The maximum Gasteiger partial charge on any atom is 0.306 e. The van der Waals surface area contributed by atoms with E-state index in [1.165, 1.54) is 70.6 Å². The molecule has 0 aliphatic carbocycles. The summed E-state index contributed by atoms with van der Waals surface area (Å²) in [6.45, 7) is 4.23. The zero-order valence-electron chi connectivity index (χ0n) is 19.0. The Kier molecular flexibility index (Phi) is 15.3. The number of phenolic OH excluding ortho intramolecular Hbond substituents is 1. The molecule has 1 aromatic carbocycles. The smallest absolute Gasteiger partial charge is 0.306 e. The summed E-state index contributed by atoms with van der Waals surface area (Å²) >= 11 is 0. The number of carbonyl (C=O) groups is 1. The van der Waals surface area contributed by atoms with E-state index in [-0.39, 0.29) is 17.8 Å². The van der Waals surface area contributed by atoms with E-state index in [1.54, 1.807) is 12.1 Å². The van der Waals surface area contributed by atoms with Gasteiger partial charge in [0, 0.05) is 6.42 Å². The van der Waals surface area contributed by atoms with Crippen LogP contribution in [0.15, 0.2) is 24.3 Å². The molecule has 1 aromatic rings. The highest BCUT2D eigenvalue weighted by Crippen LogP contribution is 2.15. The number of aryl methyl sites for hydroxylation is 1. The van der Waals surface area contributed by atoms with Crippen molar-refractivity contribution in [3.05, 3.63) is 29.8 Å². The second-order valence-electron chi connectivity index (χ2n) is 8.50. The fourth-order valence-corrected chi connectivity index (χ4v) is 3.66. The third kappa shape index (κ3) is 15.1. The van der Waals surface area contributed by atoms with Crippen LogP contribution in [0.3, 0.4) is 0 Å². The average Bonchev–Trinajstić information content (AvgIpc) is 2.71. The van der Waals surface area contributed by atoms with Crippen molar-refractivity contribution in [3.63, 3.8) is 0 Å². The highest BCUT2D eigenvalue weighted by Gasteiger charge is 2.09. The zero-order chi connectivity index (χ0) is 21.2. The molecular formula is C26H44O3. The van der Waals surface area contributed by atoms with Crippen LogP contribution in [0.2, 0.25) is 0 Å². The molecule has 0 spiro atoms. The van der Waals surface area contributed by atoms with E-state index in [4.69, 9.17) is 4.74 Å². The van der Waals surface area contributed by atoms with Crippen LogP contribution in [-0.2, 0) is 16.0 Å². The number of hydrogen-bond acceptors (Lipinski definition) is 3. The fraction of sp³-hybridized carbons (Fsp3) is 0.731. The molecule has 0 saturated carbocycles. The second kappa shape index (κ2) is 17.4. The Labute approximate surface area is 179 Å². The normalized spacial score (nSPS) is 12.1. The van der Waals surface area contributed by atoms with E-state index in [9.17, 15) is 9.90 Å². The summed E-state index contributed by atoms with van der Waals surface area (Å²) in [5.41, 5.74) is 1.15. The van der Waals surface area contributed by atoms with Crippen LogP contribution in [0, 0.1) is 0 Å². The van der Waals surface area contributed by atoms with Gasteiger partial charge in [0.15, 0.2) is 0 Å². The van der Waals surface area contributed by atoms with Crippen LogP contribution in [0.5, 0.6) is 5.75 Å². The Hall–Kier alpha value is -1.51. The quantitative estimate of drug-likeness (QED) is 0.201. The first kappa shape index (κ1) is 25.5. The summed E-state index contributed by atoms with van der Waals surface area (Å²) in [4.78, 5) is 12.0. The van der Waals surface area contributed by atoms with Crippen LogP contribution >= 0.6 is 0 Å². The standard InChI is InChI=1S/C26H44O3/c1-3-4-5-6-7-8-9-10-11-12-13-14-15-16-26(28)29-23(2)17-18-24-19-21-25(27)22-20-24/h19-23,27H,3-18H2,1-2H3. The number of esters is 1. The Morgan fingerprint density at radius 3 is 1.83 bits per heavy atom. The molecule has 0 saturated heterocycles. The van der Waals surface area contributed by atoms with Gasteiger partial charge in [-0.05, 0) is 43.9 Å². The molecule has 166 valence electrons. The van der Waals surface area contributed by atoms with Gasteiger partial charge in [-0.2, -0.15) is 0 Å². The van der Waals surface area contributed by atoms with Gasteiger partial charge < -0.3 is 9.84 Å². The lowest BCUT2D eigenvalue weighted by atomic mass is 10.0. The van der Waals surface area contributed by atoms with Crippen molar-refractivity contribution < 1.29 is 14.6 Å². The van der Waals surface area contributed by atoms with Crippen molar-refractivity contribution in [1.82, 2.24) is 0 Å². The predicted octanol–water partition coefficient (Wildman–Crippen LogP) is 7.74. The highest BCUT2D eigenvalue weighted by molar-refractivity contribution is 5.69. The summed E-state index contributed by atoms with van der Waals surface area (Å²) in [7, 11) is 0. The summed E-state index contributed by atoms with van der Waals surface area (Å²) in [6, 6.07) is 7.22. The van der Waals surface area contributed by atoms with Crippen molar-refractivity contribution in [1.29, 1.82) is 0 Å². The summed E-state index contributed by atoms with van der Waals surface area (Å²) in [5, 5.41) is 9.30. The first-order valence-corrected chi connectivity index (χ1v) is 12.1. The molecule has 1 rings (SSSR count). The molecule has 0 amide bonds. The van der Waals surface area contributed by atoms with E-state index in [0.717, 1.165) is 31.2 Å². The Bertz CT molecular complexity index is 509. The average molecular weight is 405 g/mol. The molecule has 0 bridgehead atoms. The third-order valence-electron chi connectivity index (χ3n) is 5.59. The van der Waals surface area contributed by atoms with Crippen LogP contribution < -0.4 is 0 Å². The van der Waals surface area contributed by atoms with Crippen molar-refractivity contribution in [2.45, 2.75) is 123 Å². The van der Waals surface area contributed by atoms with Gasteiger partial charge in [-0.15, -0.1) is 0 Å². The number of benzene rings is 1. The first-order chi connectivity index (χ1) is 14.1. The molecule has 1 N–H and O–H groups in total. The Morgan fingerprint density at radius 2 is 1.31 bits per heavy atom. The summed E-state index contributed by atoms with van der Waals surface area (Å²) in [6.07, 6.45) is 19.2. The SMILES string of the molecule is CCCCCCCCCCCCCCCC(=O)OC(C)CCc1ccc(O)cc1. The predicted molar refractivity (Wildman–Crippen MR) is 122 cm³/mol. The minimum absolute atomic E-state index is 0.0572. The number of hydrogen-bond donors (Lipinski definition) is 1. The summed E-state index contributed by atoms with van der Waals surface area (Å²) < 4.78 is 5.51. The van der Waals surface area contributed by atoms with Crippen molar-refractivity contribution in [2.24, 2.45) is 0 Å². The van der Waals surface area contributed by atoms with Gasteiger partial charge in [-0.3, -0.25) is 4.79 Å². The van der Waals surface area contributed by atoms with E-state index in [1.807, 2.05) is 19.1 Å². The maximum atomic E-state index is 12.0. The van der Waals surface area contributed by atoms with Crippen LogP contribution in [-0.4, -0.2) is 17.2 Å². The van der Waals surface area contributed by atoms with Gasteiger partial charge in [0.1, 0.15) is 5.75 Å². The highest BCUT2D eigenvalue weighted by atomic mass is 16.5.